The first-order valence-corrected chi connectivity index (χ1v) is 6.60. The molecule has 114 valence electrons. The minimum Gasteiger partial charge on any atom is -0.488 e. The molecule has 1 heterocycles. The van der Waals surface area contributed by atoms with Crippen molar-refractivity contribution >= 4 is 16.6 Å². The molecule has 3 aromatic rings. The van der Waals surface area contributed by atoms with Gasteiger partial charge in [-0.2, -0.15) is 13.2 Å². The lowest BCUT2D eigenvalue weighted by molar-refractivity contribution is -0.139. The highest BCUT2D eigenvalue weighted by Gasteiger charge is 2.34. The molecule has 1 aromatic heterocycles. The molecule has 3 rings (SSSR count). The number of hydrogen-bond donors (Lipinski definition) is 2. The van der Waals surface area contributed by atoms with E-state index < -0.39 is 11.7 Å². The molecule has 0 atom stereocenters. The molecule has 0 spiro atoms. The number of nitrogens with one attached hydrogen (secondary N) is 1. The molecule has 0 fully saturated rings. The molecular weight excluding hydrogens is 293 g/mol. The summed E-state index contributed by atoms with van der Waals surface area (Å²) in [7, 11) is 0. The number of anilines is 1. The molecule has 0 saturated carbocycles. The maximum absolute atomic E-state index is 12.9. The number of rotatable bonds is 3. The fourth-order valence-corrected chi connectivity index (χ4v) is 2.34. The zero-order chi connectivity index (χ0) is 15.7. The van der Waals surface area contributed by atoms with Crippen LogP contribution in [-0.2, 0) is 12.8 Å². The van der Waals surface area contributed by atoms with Crippen LogP contribution in [-0.4, -0.2) is 4.98 Å². The number of fused-ring (bicyclic) bond motifs is 1. The van der Waals surface area contributed by atoms with E-state index in [-0.39, 0.29) is 12.4 Å². The molecule has 0 aliphatic heterocycles. The third-order valence-electron chi connectivity index (χ3n) is 3.41. The quantitative estimate of drug-likeness (QED) is 0.707. The van der Waals surface area contributed by atoms with Crippen LogP contribution in [0.4, 0.5) is 18.9 Å². The van der Waals surface area contributed by atoms with Crippen molar-refractivity contribution in [2.45, 2.75) is 12.8 Å². The average Bonchev–Trinajstić information content (AvgIpc) is 2.89. The third kappa shape index (κ3) is 2.59. The number of ether oxygens (including phenoxy) is 1. The van der Waals surface area contributed by atoms with Crippen molar-refractivity contribution < 1.29 is 17.9 Å². The van der Waals surface area contributed by atoms with Crippen molar-refractivity contribution in [1.29, 1.82) is 0 Å². The normalized spacial score (nSPS) is 11.8. The van der Waals surface area contributed by atoms with Gasteiger partial charge in [0.2, 0.25) is 0 Å². The van der Waals surface area contributed by atoms with Crippen molar-refractivity contribution in [3.8, 4) is 5.75 Å². The summed E-state index contributed by atoms with van der Waals surface area (Å²) >= 11 is 0. The molecule has 0 amide bonds. The second kappa shape index (κ2) is 5.29. The highest BCUT2D eigenvalue weighted by atomic mass is 19.4. The first kappa shape index (κ1) is 14.3. The van der Waals surface area contributed by atoms with Crippen LogP contribution in [0.25, 0.3) is 10.9 Å². The highest BCUT2D eigenvalue weighted by molar-refractivity contribution is 5.92. The lowest BCUT2D eigenvalue weighted by Gasteiger charge is -2.13. The van der Waals surface area contributed by atoms with Gasteiger partial charge in [-0.3, -0.25) is 0 Å². The van der Waals surface area contributed by atoms with E-state index in [1.165, 1.54) is 18.2 Å². The first-order chi connectivity index (χ1) is 10.5. The zero-order valence-electron chi connectivity index (χ0n) is 11.4. The summed E-state index contributed by atoms with van der Waals surface area (Å²) in [6, 6.07) is 10.5. The van der Waals surface area contributed by atoms with Crippen LogP contribution in [0.2, 0.25) is 0 Å². The van der Waals surface area contributed by atoms with Gasteiger partial charge in [-0.15, -0.1) is 0 Å². The van der Waals surface area contributed by atoms with Gasteiger partial charge in [0, 0.05) is 17.1 Å². The van der Waals surface area contributed by atoms with E-state index in [0.717, 1.165) is 22.5 Å². The van der Waals surface area contributed by atoms with Crippen LogP contribution in [0.3, 0.4) is 0 Å². The lowest BCUT2D eigenvalue weighted by atomic mass is 10.1. The van der Waals surface area contributed by atoms with Gasteiger partial charge in [-0.25, -0.2) is 0 Å². The summed E-state index contributed by atoms with van der Waals surface area (Å²) in [5.41, 5.74) is 7.14. The minimum atomic E-state index is -4.44. The molecule has 3 nitrogen and oxygen atoms in total. The van der Waals surface area contributed by atoms with Gasteiger partial charge in [-0.1, -0.05) is 24.3 Å². The predicted octanol–water partition coefficient (Wildman–Crippen LogP) is 4.35. The number of nitrogen functional groups attached to an aromatic ring is 1. The molecule has 0 aliphatic rings. The Hall–Kier alpha value is -2.63. The molecule has 2 aromatic carbocycles. The van der Waals surface area contributed by atoms with Gasteiger partial charge in [0.25, 0.3) is 0 Å². The Morgan fingerprint density at radius 2 is 1.82 bits per heavy atom. The van der Waals surface area contributed by atoms with Crippen molar-refractivity contribution in [3.63, 3.8) is 0 Å². The Bertz CT molecular complexity index is 809. The second-order valence-corrected chi connectivity index (χ2v) is 4.87. The molecule has 0 saturated heterocycles. The van der Waals surface area contributed by atoms with Crippen LogP contribution >= 0.6 is 0 Å². The zero-order valence-corrected chi connectivity index (χ0v) is 11.4. The molecule has 22 heavy (non-hydrogen) atoms. The Morgan fingerprint density at radius 3 is 2.59 bits per heavy atom. The molecule has 6 heteroatoms. The average molecular weight is 306 g/mol. The number of halogens is 3. The van der Waals surface area contributed by atoms with Crippen molar-refractivity contribution in [3.05, 3.63) is 59.8 Å². The van der Waals surface area contributed by atoms with E-state index in [9.17, 15) is 13.2 Å². The number of aromatic amines is 1. The van der Waals surface area contributed by atoms with Crippen molar-refractivity contribution in [1.82, 2.24) is 4.98 Å². The largest absolute Gasteiger partial charge is 0.488 e. The van der Waals surface area contributed by atoms with Gasteiger partial charge in [0.1, 0.15) is 12.4 Å². The Morgan fingerprint density at radius 1 is 1.05 bits per heavy atom. The Kier molecular flexibility index (Phi) is 3.44. The van der Waals surface area contributed by atoms with Crippen LogP contribution in [0.5, 0.6) is 5.75 Å². The van der Waals surface area contributed by atoms with Crippen LogP contribution < -0.4 is 10.5 Å². The van der Waals surface area contributed by atoms with Crippen molar-refractivity contribution in [2.75, 3.05) is 5.73 Å². The predicted molar refractivity (Wildman–Crippen MR) is 78.5 cm³/mol. The summed E-state index contributed by atoms with van der Waals surface area (Å²) < 4.78 is 44.1. The number of hydrogen-bond acceptors (Lipinski definition) is 2. The third-order valence-corrected chi connectivity index (χ3v) is 3.41. The Balaban J connectivity index is 1.88. The number of H-pyrrole nitrogens is 1. The van der Waals surface area contributed by atoms with Crippen LogP contribution in [0.1, 0.15) is 11.1 Å². The van der Waals surface area contributed by atoms with Gasteiger partial charge >= 0.3 is 6.18 Å². The van der Waals surface area contributed by atoms with Crippen LogP contribution in [0.15, 0.2) is 48.7 Å². The van der Waals surface area contributed by atoms with E-state index in [0.29, 0.717) is 5.69 Å². The first-order valence-electron chi connectivity index (χ1n) is 6.60. The van der Waals surface area contributed by atoms with E-state index >= 15 is 0 Å². The topological polar surface area (TPSA) is 51.0 Å². The molecule has 0 aliphatic carbocycles. The van der Waals surface area contributed by atoms with E-state index in [1.807, 2.05) is 6.07 Å². The maximum Gasteiger partial charge on any atom is 0.419 e. The lowest BCUT2D eigenvalue weighted by Crippen LogP contribution is -2.08. The Labute approximate surface area is 124 Å². The summed E-state index contributed by atoms with van der Waals surface area (Å²) in [5, 5.41) is 0.837. The number of benzene rings is 2. The van der Waals surface area contributed by atoms with Crippen molar-refractivity contribution in [2.24, 2.45) is 0 Å². The number of alkyl halides is 3. The van der Waals surface area contributed by atoms with E-state index in [4.69, 9.17) is 10.5 Å². The number of nitrogens with two attached hydrogens (primary N) is 1. The SMILES string of the molecule is Nc1cccc2c(COc3ccccc3C(F)(F)F)c[nH]c12. The number of aromatic nitrogens is 1. The van der Waals surface area contributed by atoms with Gasteiger partial charge < -0.3 is 15.5 Å². The fraction of sp³-hybridized carbons (Fsp3) is 0.125. The van der Waals surface area contributed by atoms with Gasteiger partial charge in [0.15, 0.2) is 0 Å². The van der Waals surface area contributed by atoms with E-state index in [2.05, 4.69) is 4.98 Å². The molecule has 0 radical (unpaired) electrons. The smallest absolute Gasteiger partial charge is 0.419 e. The summed E-state index contributed by atoms with van der Waals surface area (Å²) in [6.07, 6.45) is -2.75. The molecular formula is C16H13F3N2O. The monoisotopic (exact) mass is 306 g/mol. The molecule has 0 unspecified atom stereocenters. The van der Waals surface area contributed by atoms with Crippen LogP contribution in [0, 0.1) is 0 Å². The summed E-state index contributed by atoms with van der Waals surface area (Å²) in [5.74, 6) is -0.187. The standard InChI is InChI=1S/C16H13F3N2O/c17-16(18,19)12-5-1-2-7-14(12)22-9-10-8-21-15-11(10)4-3-6-13(15)20/h1-8,21H,9,20H2. The fourth-order valence-electron chi connectivity index (χ4n) is 2.34. The number of para-hydroxylation sites is 2. The van der Waals surface area contributed by atoms with Gasteiger partial charge in [-0.05, 0) is 18.2 Å². The maximum atomic E-state index is 12.9. The van der Waals surface area contributed by atoms with E-state index in [1.54, 1.807) is 18.3 Å². The molecule has 3 N–H and O–H groups in total. The minimum absolute atomic E-state index is 0.0244. The summed E-state index contributed by atoms with van der Waals surface area (Å²) in [4.78, 5) is 3.01. The summed E-state index contributed by atoms with van der Waals surface area (Å²) in [6.45, 7) is 0.0244. The van der Waals surface area contributed by atoms with Gasteiger partial charge in [0.05, 0.1) is 16.8 Å². The highest BCUT2D eigenvalue weighted by Crippen LogP contribution is 2.36. The second-order valence-electron chi connectivity index (χ2n) is 4.87. The molecule has 0 bridgehead atoms.